The van der Waals surface area contributed by atoms with Crippen LogP contribution in [0.2, 0.25) is 0 Å². The van der Waals surface area contributed by atoms with Crippen LogP contribution in [0.15, 0.2) is 42.6 Å². The average molecular weight is 258 g/mol. The Hall–Kier alpha value is -2.07. The van der Waals surface area contributed by atoms with Crippen LogP contribution >= 0.6 is 0 Å². The van der Waals surface area contributed by atoms with E-state index in [1.165, 1.54) is 0 Å². The Morgan fingerprint density at radius 3 is 2.79 bits per heavy atom. The lowest BCUT2D eigenvalue weighted by atomic mass is 10.2. The van der Waals surface area contributed by atoms with Gasteiger partial charge in [0.05, 0.1) is 7.11 Å². The fraction of sp³-hybridized carbons (Fsp3) is 0.267. The number of hydrogen-bond acceptors (Lipinski definition) is 4. The van der Waals surface area contributed by atoms with Gasteiger partial charge in [-0.1, -0.05) is 19.1 Å². The van der Waals surface area contributed by atoms with Gasteiger partial charge in [-0.3, -0.25) is 0 Å². The summed E-state index contributed by atoms with van der Waals surface area (Å²) in [4.78, 5) is 4.28. The van der Waals surface area contributed by atoms with Crippen LogP contribution < -0.4 is 14.8 Å². The maximum atomic E-state index is 5.82. The minimum Gasteiger partial charge on any atom is -0.497 e. The van der Waals surface area contributed by atoms with E-state index in [0.29, 0.717) is 5.88 Å². The zero-order valence-electron chi connectivity index (χ0n) is 11.2. The highest BCUT2D eigenvalue weighted by Gasteiger charge is 2.06. The Bertz CT molecular complexity index is 529. The maximum absolute atomic E-state index is 5.82. The molecule has 0 saturated carbocycles. The first-order chi connectivity index (χ1) is 9.33. The third-order valence-electron chi connectivity index (χ3n) is 2.67. The van der Waals surface area contributed by atoms with E-state index in [-0.39, 0.29) is 0 Å². The largest absolute Gasteiger partial charge is 0.497 e. The van der Waals surface area contributed by atoms with Gasteiger partial charge < -0.3 is 14.8 Å². The SMILES string of the molecule is CCNCc1cccnc1Oc1cccc(OC)c1. The molecule has 1 aromatic carbocycles. The van der Waals surface area contributed by atoms with E-state index in [2.05, 4.69) is 17.2 Å². The molecule has 4 nitrogen and oxygen atoms in total. The monoisotopic (exact) mass is 258 g/mol. The van der Waals surface area contributed by atoms with Crippen LogP contribution in [0.5, 0.6) is 17.4 Å². The van der Waals surface area contributed by atoms with E-state index in [1.807, 2.05) is 36.4 Å². The molecule has 0 fully saturated rings. The summed E-state index contributed by atoms with van der Waals surface area (Å²) >= 11 is 0. The number of nitrogens with one attached hydrogen (secondary N) is 1. The minimum atomic E-state index is 0.622. The van der Waals surface area contributed by atoms with Crippen molar-refractivity contribution >= 4 is 0 Å². The van der Waals surface area contributed by atoms with Gasteiger partial charge in [-0.05, 0) is 24.7 Å². The molecular weight excluding hydrogens is 240 g/mol. The molecule has 0 unspecified atom stereocenters. The summed E-state index contributed by atoms with van der Waals surface area (Å²) < 4.78 is 11.0. The zero-order chi connectivity index (χ0) is 13.5. The number of nitrogens with zero attached hydrogens (tertiary/aromatic N) is 1. The van der Waals surface area contributed by atoms with Crippen molar-refractivity contribution in [1.82, 2.24) is 10.3 Å². The highest BCUT2D eigenvalue weighted by Crippen LogP contribution is 2.25. The number of pyridine rings is 1. The van der Waals surface area contributed by atoms with Crippen LogP contribution in [0.1, 0.15) is 12.5 Å². The van der Waals surface area contributed by atoms with Gasteiger partial charge >= 0.3 is 0 Å². The van der Waals surface area contributed by atoms with Gasteiger partial charge in [-0.15, -0.1) is 0 Å². The van der Waals surface area contributed by atoms with Gasteiger partial charge in [0, 0.05) is 24.4 Å². The number of benzene rings is 1. The molecule has 0 atom stereocenters. The van der Waals surface area contributed by atoms with E-state index >= 15 is 0 Å². The molecule has 0 saturated heterocycles. The molecule has 4 heteroatoms. The van der Waals surface area contributed by atoms with Crippen molar-refractivity contribution in [3.63, 3.8) is 0 Å². The van der Waals surface area contributed by atoms with Gasteiger partial charge in [0.1, 0.15) is 11.5 Å². The minimum absolute atomic E-state index is 0.622. The molecule has 1 heterocycles. The Balaban J connectivity index is 2.17. The number of ether oxygens (including phenoxy) is 2. The lowest BCUT2D eigenvalue weighted by molar-refractivity contribution is 0.406. The van der Waals surface area contributed by atoms with Crippen LogP contribution in [-0.4, -0.2) is 18.6 Å². The first-order valence-corrected chi connectivity index (χ1v) is 6.30. The third-order valence-corrected chi connectivity index (χ3v) is 2.67. The van der Waals surface area contributed by atoms with Crippen molar-refractivity contribution in [2.24, 2.45) is 0 Å². The molecule has 0 aliphatic heterocycles. The standard InChI is InChI=1S/C15H18N2O2/c1-3-16-11-12-6-5-9-17-15(12)19-14-8-4-7-13(10-14)18-2/h4-10,16H,3,11H2,1-2H3. The number of rotatable bonds is 6. The summed E-state index contributed by atoms with van der Waals surface area (Å²) in [5.41, 5.74) is 1.03. The fourth-order valence-corrected chi connectivity index (χ4v) is 1.69. The molecule has 19 heavy (non-hydrogen) atoms. The lowest BCUT2D eigenvalue weighted by Gasteiger charge is -2.10. The molecule has 0 radical (unpaired) electrons. The van der Waals surface area contributed by atoms with Crippen LogP contribution in [0, 0.1) is 0 Å². The molecule has 0 amide bonds. The number of methoxy groups -OCH3 is 1. The lowest BCUT2D eigenvalue weighted by Crippen LogP contribution is -2.12. The summed E-state index contributed by atoms with van der Waals surface area (Å²) in [6.45, 7) is 3.72. The fourth-order valence-electron chi connectivity index (χ4n) is 1.69. The topological polar surface area (TPSA) is 43.4 Å². The highest BCUT2D eigenvalue weighted by molar-refractivity contribution is 5.37. The molecule has 0 spiro atoms. The van der Waals surface area contributed by atoms with Crippen LogP contribution in [0.4, 0.5) is 0 Å². The Labute approximate surface area is 113 Å². The summed E-state index contributed by atoms with van der Waals surface area (Å²) in [7, 11) is 1.64. The van der Waals surface area contributed by atoms with Crippen molar-refractivity contribution in [3.05, 3.63) is 48.2 Å². The van der Waals surface area contributed by atoms with Gasteiger partial charge in [0.15, 0.2) is 0 Å². The Kier molecular flexibility index (Phi) is 4.75. The zero-order valence-corrected chi connectivity index (χ0v) is 11.2. The van der Waals surface area contributed by atoms with Crippen molar-refractivity contribution in [2.45, 2.75) is 13.5 Å². The van der Waals surface area contributed by atoms with Crippen molar-refractivity contribution in [3.8, 4) is 17.4 Å². The van der Waals surface area contributed by atoms with Crippen LogP contribution in [0.3, 0.4) is 0 Å². The molecule has 2 rings (SSSR count). The van der Waals surface area contributed by atoms with Gasteiger partial charge in [0.2, 0.25) is 5.88 Å². The van der Waals surface area contributed by atoms with E-state index < -0.39 is 0 Å². The second-order valence-corrected chi connectivity index (χ2v) is 4.03. The van der Waals surface area contributed by atoms with E-state index in [4.69, 9.17) is 9.47 Å². The van der Waals surface area contributed by atoms with Crippen LogP contribution in [-0.2, 0) is 6.54 Å². The molecule has 0 aliphatic carbocycles. The number of aromatic nitrogens is 1. The molecular formula is C15H18N2O2. The first kappa shape index (κ1) is 13.4. The van der Waals surface area contributed by atoms with E-state index in [9.17, 15) is 0 Å². The van der Waals surface area contributed by atoms with Crippen LogP contribution in [0.25, 0.3) is 0 Å². The van der Waals surface area contributed by atoms with Crippen molar-refractivity contribution in [1.29, 1.82) is 0 Å². The van der Waals surface area contributed by atoms with Crippen molar-refractivity contribution in [2.75, 3.05) is 13.7 Å². The van der Waals surface area contributed by atoms with Crippen molar-refractivity contribution < 1.29 is 9.47 Å². The second kappa shape index (κ2) is 6.75. The Morgan fingerprint density at radius 1 is 1.16 bits per heavy atom. The predicted octanol–water partition coefficient (Wildman–Crippen LogP) is 2.99. The third kappa shape index (κ3) is 3.69. The highest BCUT2D eigenvalue weighted by atomic mass is 16.5. The van der Waals surface area contributed by atoms with E-state index in [0.717, 1.165) is 30.2 Å². The smallest absolute Gasteiger partial charge is 0.223 e. The molecule has 1 aromatic heterocycles. The molecule has 1 N–H and O–H groups in total. The first-order valence-electron chi connectivity index (χ1n) is 6.30. The van der Waals surface area contributed by atoms with E-state index in [1.54, 1.807) is 13.3 Å². The predicted molar refractivity (Wildman–Crippen MR) is 74.7 cm³/mol. The Morgan fingerprint density at radius 2 is 2.00 bits per heavy atom. The molecule has 100 valence electrons. The average Bonchev–Trinajstić information content (AvgIpc) is 2.46. The normalized spacial score (nSPS) is 10.2. The molecule has 0 bridgehead atoms. The maximum Gasteiger partial charge on any atom is 0.223 e. The summed E-state index contributed by atoms with van der Waals surface area (Å²) in [6.07, 6.45) is 1.73. The van der Waals surface area contributed by atoms with Gasteiger partial charge in [-0.25, -0.2) is 4.98 Å². The second-order valence-electron chi connectivity index (χ2n) is 4.03. The summed E-state index contributed by atoms with van der Waals surface area (Å²) in [6, 6.07) is 11.4. The molecule has 2 aromatic rings. The van der Waals surface area contributed by atoms with Gasteiger partial charge in [0.25, 0.3) is 0 Å². The number of hydrogen-bond donors (Lipinski definition) is 1. The summed E-state index contributed by atoms with van der Waals surface area (Å²) in [5, 5.41) is 3.27. The summed E-state index contributed by atoms with van der Waals surface area (Å²) in [5.74, 6) is 2.11. The van der Waals surface area contributed by atoms with Gasteiger partial charge in [-0.2, -0.15) is 0 Å². The molecule has 0 aliphatic rings. The quantitative estimate of drug-likeness (QED) is 0.865.